The average molecular weight is 441 g/mol. The van der Waals surface area contributed by atoms with E-state index in [1.54, 1.807) is 43.5 Å². The van der Waals surface area contributed by atoms with Crippen LogP contribution in [0.15, 0.2) is 72.3 Å². The van der Waals surface area contributed by atoms with E-state index < -0.39 is 17.7 Å². The second-order valence-corrected chi connectivity index (χ2v) is 8.21. The quantitative estimate of drug-likeness (QED) is 0.365. The van der Waals surface area contributed by atoms with Crippen LogP contribution in [0.4, 0.5) is 5.69 Å². The first-order chi connectivity index (χ1) is 16.0. The highest BCUT2D eigenvalue weighted by atomic mass is 16.5. The summed E-state index contributed by atoms with van der Waals surface area (Å²) in [5, 5.41) is 11.3. The molecule has 166 valence electrons. The number of aryl methyl sites for hydroxylation is 1. The third kappa shape index (κ3) is 3.53. The number of methoxy groups -OCH3 is 1. The zero-order chi connectivity index (χ0) is 23.1. The highest BCUT2D eigenvalue weighted by Gasteiger charge is 2.47. The molecule has 0 aromatic heterocycles. The molecule has 1 N–H and O–H groups in total. The van der Waals surface area contributed by atoms with Crippen molar-refractivity contribution in [3.63, 3.8) is 0 Å². The maximum absolute atomic E-state index is 13.3. The number of fused-ring (bicyclic) bond motifs is 1. The fourth-order valence-corrected chi connectivity index (χ4v) is 4.50. The largest absolute Gasteiger partial charge is 0.507 e. The predicted octanol–water partition coefficient (Wildman–Crippen LogP) is 4.56. The molecule has 6 heteroatoms. The van der Waals surface area contributed by atoms with E-state index in [0.717, 1.165) is 28.9 Å². The van der Waals surface area contributed by atoms with Crippen LogP contribution in [-0.4, -0.2) is 30.5 Å². The first-order valence-corrected chi connectivity index (χ1v) is 10.8. The SMILES string of the molecule is COc1cccc(N2C(=O)C(=O)/C(=C(\O)c3ccc4c(c3)CCO4)C2c2cccc(C)c2)c1. The van der Waals surface area contributed by atoms with Crippen molar-refractivity contribution in [2.24, 2.45) is 0 Å². The molecule has 1 unspecified atom stereocenters. The first kappa shape index (κ1) is 20.8. The third-order valence-corrected chi connectivity index (χ3v) is 6.10. The Morgan fingerprint density at radius 3 is 2.67 bits per heavy atom. The Hall–Kier alpha value is -4.06. The number of amides is 1. The van der Waals surface area contributed by atoms with Gasteiger partial charge < -0.3 is 14.6 Å². The van der Waals surface area contributed by atoms with Crippen molar-refractivity contribution in [1.29, 1.82) is 0 Å². The van der Waals surface area contributed by atoms with Gasteiger partial charge >= 0.3 is 0 Å². The Bertz CT molecular complexity index is 1310. The van der Waals surface area contributed by atoms with E-state index in [-0.39, 0.29) is 11.3 Å². The monoisotopic (exact) mass is 441 g/mol. The van der Waals surface area contributed by atoms with E-state index in [0.29, 0.717) is 23.6 Å². The van der Waals surface area contributed by atoms with Gasteiger partial charge in [-0.2, -0.15) is 0 Å². The number of hydrogen-bond acceptors (Lipinski definition) is 5. The van der Waals surface area contributed by atoms with Gasteiger partial charge in [-0.15, -0.1) is 0 Å². The van der Waals surface area contributed by atoms with E-state index in [9.17, 15) is 14.7 Å². The Morgan fingerprint density at radius 1 is 1.06 bits per heavy atom. The Morgan fingerprint density at radius 2 is 1.88 bits per heavy atom. The summed E-state index contributed by atoms with van der Waals surface area (Å²) < 4.78 is 10.9. The van der Waals surface area contributed by atoms with Crippen molar-refractivity contribution in [2.45, 2.75) is 19.4 Å². The lowest BCUT2D eigenvalue weighted by Gasteiger charge is -2.26. The molecule has 1 amide bonds. The second-order valence-electron chi connectivity index (χ2n) is 8.21. The number of anilines is 1. The van der Waals surface area contributed by atoms with Gasteiger partial charge in [0.15, 0.2) is 0 Å². The minimum atomic E-state index is -0.776. The molecule has 0 bridgehead atoms. The lowest BCUT2D eigenvalue weighted by molar-refractivity contribution is -0.132. The molecule has 5 rings (SSSR count). The molecule has 0 spiro atoms. The van der Waals surface area contributed by atoms with Gasteiger partial charge in [-0.05, 0) is 48.4 Å². The number of carbonyl (C=O) groups excluding carboxylic acids is 2. The van der Waals surface area contributed by atoms with Crippen LogP contribution in [0.5, 0.6) is 11.5 Å². The standard InChI is InChI=1S/C27H23NO5/c1-16-5-3-6-18(13-16)24-23(25(29)19-9-10-22-17(14-19)11-12-33-22)26(30)27(31)28(24)20-7-4-8-21(15-20)32-2/h3-10,13-15,24,29H,11-12H2,1-2H3/b25-23-. The van der Waals surface area contributed by atoms with Gasteiger partial charge in [0.05, 0.1) is 25.3 Å². The fourth-order valence-electron chi connectivity index (χ4n) is 4.50. The number of carbonyl (C=O) groups is 2. The maximum atomic E-state index is 13.3. The number of aliphatic hydroxyl groups excluding tert-OH is 1. The summed E-state index contributed by atoms with van der Waals surface area (Å²) in [6, 6.07) is 19.2. The topological polar surface area (TPSA) is 76.1 Å². The molecule has 2 heterocycles. The van der Waals surface area contributed by atoms with Crippen LogP contribution < -0.4 is 14.4 Å². The number of ketones is 1. The zero-order valence-corrected chi connectivity index (χ0v) is 18.4. The summed E-state index contributed by atoms with van der Waals surface area (Å²) >= 11 is 0. The molecule has 1 atom stereocenters. The van der Waals surface area contributed by atoms with Gasteiger partial charge in [0.1, 0.15) is 17.3 Å². The van der Waals surface area contributed by atoms with Crippen LogP contribution in [0.25, 0.3) is 5.76 Å². The normalized spacial score (nSPS) is 18.8. The molecule has 0 saturated carbocycles. The first-order valence-electron chi connectivity index (χ1n) is 10.8. The molecule has 1 fully saturated rings. The molecule has 3 aromatic rings. The Kier molecular flexibility index (Phi) is 5.13. The molecule has 0 aliphatic carbocycles. The van der Waals surface area contributed by atoms with Gasteiger partial charge in [-0.25, -0.2) is 0 Å². The molecule has 0 radical (unpaired) electrons. The van der Waals surface area contributed by atoms with E-state index >= 15 is 0 Å². The molecule has 3 aromatic carbocycles. The molecular formula is C27H23NO5. The van der Waals surface area contributed by atoms with Gasteiger partial charge in [-0.1, -0.05) is 35.9 Å². The minimum absolute atomic E-state index is 0.0623. The predicted molar refractivity (Wildman–Crippen MR) is 125 cm³/mol. The summed E-state index contributed by atoms with van der Waals surface area (Å²) in [4.78, 5) is 28.0. The molecule has 33 heavy (non-hydrogen) atoms. The van der Waals surface area contributed by atoms with E-state index in [4.69, 9.17) is 9.47 Å². The highest BCUT2D eigenvalue weighted by molar-refractivity contribution is 6.51. The van der Waals surface area contributed by atoms with Crippen molar-refractivity contribution >= 4 is 23.1 Å². The van der Waals surface area contributed by atoms with Crippen molar-refractivity contribution in [2.75, 3.05) is 18.6 Å². The summed E-state index contributed by atoms with van der Waals surface area (Å²) in [6.07, 6.45) is 0.732. The third-order valence-electron chi connectivity index (χ3n) is 6.10. The van der Waals surface area contributed by atoms with Crippen molar-refractivity contribution in [3.8, 4) is 11.5 Å². The van der Waals surface area contributed by atoms with Gasteiger partial charge in [0.25, 0.3) is 11.7 Å². The van der Waals surface area contributed by atoms with Crippen LogP contribution in [-0.2, 0) is 16.0 Å². The lowest BCUT2D eigenvalue weighted by Crippen LogP contribution is -2.29. The Labute approximate surface area is 191 Å². The van der Waals surface area contributed by atoms with Crippen LogP contribution >= 0.6 is 0 Å². The molecule has 2 aliphatic heterocycles. The molecule has 6 nitrogen and oxygen atoms in total. The highest BCUT2D eigenvalue weighted by Crippen LogP contribution is 2.43. The van der Waals surface area contributed by atoms with E-state index in [2.05, 4.69) is 0 Å². The van der Waals surface area contributed by atoms with E-state index in [1.165, 1.54) is 4.90 Å². The summed E-state index contributed by atoms with van der Waals surface area (Å²) in [6.45, 7) is 2.53. The maximum Gasteiger partial charge on any atom is 0.300 e. The van der Waals surface area contributed by atoms with E-state index in [1.807, 2.05) is 37.3 Å². The van der Waals surface area contributed by atoms with Crippen LogP contribution in [0.2, 0.25) is 0 Å². The number of benzene rings is 3. The Balaban J connectivity index is 1.71. The van der Waals surface area contributed by atoms with Crippen LogP contribution in [0, 0.1) is 6.92 Å². The molecular weight excluding hydrogens is 418 g/mol. The van der Waals surface area contributed by atoms with Crippen molar-refractivity contribution in [3.05, 3.63) is 94.6 Å². The molecule has 2 aliphatic rings. The summed E-state index contributed by atoms with van der Waals surface area (Å²) in [5.74, 6) is -0.269. The van der Waals surface area contributed by atoms with Crippen molar-refractivity contribution in [1.82, 2.24) is 0 Å². The van der Waals surface area contributed by atoms with Gasteiger partial charge in [0.2, 0.25) is 0 Å². The number of nitrogens with zero attached hydrogens (tertiary/aromatic N) is 1. The molecule has 1 saturated heterocycles. The second kappa shape index (κ2) is 8.13. The van der Waals surface area contributed by atoms with Crippen molar-refractivity contribution < 1.29 is 24.2 Å². The summed E-state index contributed by atoms with van der Waals surface area (Å²) in [5.41, 5.74) is 3.76. The lowest BCUT2D eigenvalue weighted by atomic mass is 9.93. The number of Topliss-reactive ketones (excluding diaryl/α,β-unsaturated/α-hetero) is 1. The van der Waals surface area contributed by atoms with Crippen LogP contribution in [0.1, 0.15) is 28.3 Å². The smallest absolute Gasteiger partial charge is 0.300 e. The number of ether oxygens (including phenoxy) is 2. The summed E-state index contributed by atoms with van der Waals surface area (Å²) in [7, 11) is 1.54. The number of rotatable bonds is 4. The average Bonchev–Trinajstić information content (AvgIpc) is 3.40. The number of hydrogen-bond donors (Lipinski definition) is 1. The minimum Gasteiger partial charge on any atom is -0.507 e. The number of aliphatic hydroxyl groups is 1. The van der Waals surface area contributed by atoms with Crippen LogP contribution in [0.3, 0.4) is 0 Å². The fraction of sp³-hybridized carbons (Fsp3) is 0.185. The van der Waals surface area contributed by atoms with Gasteiger partial charge in [-0.3, -0.25) is 14.5 Å². The van der Waals surface area contributed by atoms with Gasteiger partial charge in [0, 0.05) is 23.7 Å². The zero-order valence-electron chi connectivity index (χ0n) is 18.4.